The number of nitrogens with zero attached hydrogens (tertiary/aromatic N) is 3. The summed E-state index contributed by atoms with van der Waals surface area (Å²) in [5.74, 6) is -1.20. The molecule has 3 heterocycles. The van der Waals surface area contributed by atoms with Crippen LogP contribution in [0.1, 0.15) is 15.9 Å². The van der Waals surface area contributed by atoms with Gasteiger partial charge in [-0.15, -0.1) is 0 Å². The predicted molar refractivity (Wildman–Crippen MR) is 67.5 cm³/mol. The number of carboxylic acids is 1. The van der Waals surface area contributed by atoms with Crippen LogP contribution in [0.15, 0.2) is 42.9 Å². The Hall–Kier alpha value is -1.69. The smallest absolute Gasteiger partial charge is 0.545 e. The summed E-state index contributed by atoms with van der Waals surface area (Å²) < 4.78 is 1.69. The van der Waals surface area contributed by atoms with Crippen LogP contribution in [0.4, 0.5) is 0 Å². The van der Waals surface area contributed by atoms with Crippen molar-refractivity contribution in [3.8, 4) is 11.3 Å². The molecule has 0 saturated carbocycles. The van der Waals surface area contributed by atoms with Crippen molar-refractivity contribution >= 4 is 11.5 Å². The maximum Gasteiger partial charge on any atom is 1.00 e. The summed E-state index contributed by atoms with van der Waals surface area (Å²) in [6.07, 6.45) is 5.02. The van der Waals surface area contributed by atoms with Gasteiger partial charge in [0.25, 0.3) is 0 Å². The Bertz CT molecular complexity index is 783. The van der Waals surface area contributed by atoms with E-state index >= 15 is 0 Å². The van der Waals surface area contributed by atoms with E-state index in [1.54, 1.807) is 35.2 Å². The van der Waals surface area contributed by atoms with E-state index in [9.17, 15) is 9.90 Å². The van der Waals surface area contributed by atoms with Crippen LogP contribution in [-0.2, 0) is 0 Å². The standard InChI is InChI=1S/C14H11N3O2.Na/c1-9-2-4-15-8-12(9)13-7-10(14(18)19)6-11-3-5-16-17(11)13;/h2-8H,1H3,(H,18,19);/q;+1/p-1. The minimum absolute atomic E-state index is 0. The Labute approximate surface area is 137 Å². The zero-order chi connectivity index (χ0) is 13.4. The van der Waals surface area contributed by atoms with Crippen LogP contribution < -0.4 is 34.7 Å². The Morgan fingerprint density at radius 1 is 1.25 bits per heavy atom. The molecular formula is C14H10N3NaO2. The van der Waals surface area contributed by atoms with Crippen molar-refractivity contribution in [3.63, 3.8) is 0 Å². The van der Waals surface area contributed by atoms with E-state index in [0.29, 0.717) is 11.2 Å². The van der Waals surface area contributed by atoms with Crippen molar-refractivity contribution in [1.29, 1.82) is 0 Å². The van der Waals surface area contributed by atoms with Gasteiger partial charge in [0.2, 0.25) is 0 Å². The number of fused-ring (bicyclic) bond motifs is 1. The third kappa shape index (κ3) is 2.47. The fraction of sp³-hybridized carbons (Fsp3) is 0.0714. The monoisotopic (exact) mass is 275 g/mol. The Kier molecular flexibility index (Phi) is 4.23. The van der Waals surface area contributed by atoms with Crippen molar-refractivity contribution in [2.75, 3.05) is 0 Å². The molecule has 3 rings (SSSR count). The van der Waals surface area contributed by atoms with E-state index in [1.807, 2.05) is 13.0 Å². The zero-order valence-electron chi connectivity index (χ0n) is 11.2. The molecule has 0 bridgehead atoms. The minimum atomic E-state index is -1.20. The molecule has 20 heavy (non-hydrogen) atoms. The van der Waals surface area contributed by atoms with Gasteiger partial charge in [-0.05, 0) is 36.8 Å². The molecule has 0 amide bonds. The Morgan fingerprint density at radius 3 is 2.75 bits per heavy atom. The summed E-state index contributed by atoms with van der Waals surface area (Å²) in [5.41, 5.74) is 3.38. The number of carboxylic acid groups (broad SMARTS) is 1. The number of rotatable bonds is 2. The first-order valence-electron chi connectivity index (χ1n) is 5.77. The molecule has 6 heteroatoms. The summed E-state index contributed by atoms with van der Waals surface area (Å²) in [5, 5.41) is 15.3. The normalized spacial score (nSPS) is 10.2. The number of aromatic nitrogens is 3. The molecule has 94 valence electrons. The third-order valence-corrected chi connectivity index (χ3v) is 3.05. The average molecular weight is 275 g/mol. The molecule has 0 atom stereocenters. The maximum atomic E-state index is 11.1. The van der Waals surface area contributed by atoms with E-state index in [1.165, 1.54) is 6.07 Å². The number of pyridine rings is 2. The summed E-state index contributed by atoms with van der Waals surface area (Å²) >= 11 is 0. The van der Waals surface area contributed by atoms with E-state index in [-0.39, 0.29) is 35.1 Å². The number of carbonyl (C=O) groups is 1. The van der Waals surface area contributed by atoms with Crippen molar-refractivity contribution in [2.24, 2.45) is 0 Å². The zero-order valence-corrected chi connectivity index (χ0v) is 13.2. The molecule has 0 N–H and O–H groups in total. The fourth-order valence-electron chi connectivity index (χ4n) is 2.08. The van der Waals surface area contributed by atoms with Gasteiger partial charge in [-0.2, -0.15) is 5.10 Å². The number of aromatic carboxylic acids is 1. The van der Waals surface area contributed by atoms with Crippen LogP contribution in [0, 0.1) is 6.92 Å². The minimum Gasteiger partial charge on any atom is -0.545 e. The van der Waals surface area contributed by atoms with Gasteiger partial charge in [-0.25, -0.2) is 4.52 Å². The molecule has 0 aliphatic carbocycles. The van der Waals surface area contributed by atoms with Gasteiger partial charge in [0.1, 0.15) is 0 Å². The van der Waals surface area contributed by atoms with Crippen molar-refractivity contribution < 1.29 is 39.5 Å². The van der Waals surface area contributed by atoms with Gasteiger partial charge in [-0.1, -0.05) is 0 Å². The Balaban J connectivity index is 0.00000147. The first-order valence-corrected chi connectivity index (χ1v) is 5.77. The number of hydrogen-bond donors (Lipinski definition) is 0. The molecule has 0 spiro atoms. The average Bonchev–Trinajstić information content (AvgIpc) is 2.86. The molecule has 0 aliphatic heterocycles. The fourth-order valence-corrected chi connectivity index (χ4v) is 2.08. The quantitative estimate of drug-likeness (QED) is 0.511. The van der Waals surface area contributed by atoms with Gasteiger partial charge in [0.05, 0.1) is 23.4 Å². The molecule has 5 nitrogen and oxygen atoms in total. The molecule has 0 aliphatic rings. The van der Waals surface area contributed by atoms with E-state index < -0.39 is 5.97 Å². The second-order valence-electron chi connectivity index (χ2n) is 4.28. The first kappa shape index (κ1) is 14.7. The van der Waals surface area contributed by atoms with Crippen LogP contribution in [0.3, 0.4) is 0 Å². The molecular weight excluding hydrogens is 265 g/mol. The molecule has 0 aromatic carbocycles. The second-order valence-corrected chi connectivity index (χ2v) is 4.28. The van der Waals surface area contributed by atoms with Crippen LogP contribution in [-0.4, -0.2) is 20.6 Å². The molecule has 3 aromatic heterocycles. The van der Waals surface area contributed by atoms with E-state index in [4.69, 9.17) is 0 Å². The van der Waals surface area contributed by atoms with Gasteiger partial charge in [0, 0.05) is 23.5 Å². The van der Waals surface area contributed by atoms with Gasteiger partial charge in [0.15, 0.2) is 0 Å². The second kappa shape index (κ2) is 5.75. The van der Waals surface area contributed by atoms with Crippen LogP contribution in [0.25, 0.3) is 16.8 Å². The van der Waals surface area contributed by atoms with Gasteiger partial charge < -0.3 is 9.90 Å². The van der Waals surface area contributed by atoms with Crippen LogP contribution >= 0.6 is 0 Å². The molecule has 0 radical (unpaired) electrons. The third-order valence-electron chi connectivity index (χ3n) is 3.05. The number of aryl methyl sites for hydroxylation is 1. The SMILES string of the molecule is Cc1ccncc1-c1cc(C(=O)[O-])cc2ccnn12.[Na+]. The summed E-state index contributed by atoms with van der Waals surface area (Å²) in [6, 6.07) is 6.72. The topological polar surface area (TPSA) is 70.3 Å². The van der Waals surface area contributed by atoms with Crippen molar-refractivity contribution in [1.82, 2.24) is 14.6 Å². The summed E-state index contributed by atoms with van der Waals surface area (Å²) in [7, 11) is 0. The first-order chi connectivity index (χ1) is 9.16. The van der Waals surface area contributed by atoms with Crippen LogP contribution in [0.5, 0.6) is 0 Å². The summed E-state index contributed by atoms with van der Waals surface area (Å²) in [6.45, 7) is 1.94. The molecule has 3 aromatic rings. The largest absolute Gasteiger partial charge is 1.00 e. The van der Waals surface area contributed by atoms with Crippen molar-refractivity contribution in [2.45, 2.75) is 6.92 Å². The predicted octanol–water partition coefficient (Wildman–Crippen LogP) is -1.93. The van der Waals surface area contributed by atoms with Gasteiger partial charge in [-0.3, -0.25) is 4.98 Å². The Morgan fingerprint density at radius 2 is 2.05 bits per heavy atom. The molecule has 0 unspecified atom stereocenters. The molecule has 0 saturated heterocycles. The van der Waals surface area contributed by atoms with Gasteiger partial charge >= 0.3 is 29.6 Å². The van der Waals surface area contributed by atoms with Crippen LogP contribution in [0.2, 0.25) is 0 Å². The van der Waals surface area contributed by atoms with E-state index in [0.717, 1.165) is 11.1 Å². The van der Waals surface area contributed by atoms with Crippen molar-refractivity contribution in [3.05, 3.63) is 54.0 Å². The number of hydrogen-bond acceptors (Lipinski definition) is 4. The van der Waals surface area contributed by atoms with E-state index in [2.05, 4.69) is 10.1 Å². The number of carbonyl (C=O) groups excluding carboxylic acids is 1. The maximum absolute atomic E-state index is 11.1. The summed E-state index contributed by atoms with van der Waals surface area (Å²) in [4.78, 5) is 15.2. The molecule has 0 fully saturated rings.